The van der Waals surface area contributed by atoms with Gasteiger partial charge in [-0.25, -0.2) is 4.98 Å². The fourth-order valence-corrected chi connectivity index (χ4v) is 2.82. The molecule has 1 aliphatic heterocycles. The first-order valence-electron chi connectivity index (χ1n) is 6.24. The number of nitrogens with zero attached hydrogens (tertiary/aromatic N) is 3. The van der Waals surface area contributed by atoms with Crippen molar-refractivity contribution >= 4 is 11.3 Å². The van der Waals surface area contributed by atoms with Crippen LogP contribution in [0.5, 0.6) is 0 Å². The average Bonchev–Trinajstić information content (AvgIpc) is 3.10. The van der Waals surface area contributed by atoms with Gasteiger partial charge in [0.25, 0.3) is 0 Å². The third-order valence-corrected chi connectivity index (χ3v) is 4.03. The molecule has 1 aliphatic rings. The van der Waals surface area contributed by atoms with Crippen LogP contribution in [0.25, 0.3) is 0 Å². The van der Waals surface area contributed by atoms with Gasteiger partial charge in [-0.1, -0.05) is 5.16 Å². The van der Waals surface area contributed by atoms with Gasteiger partial charge in [0.15, 0.2) is 5.82 Å². The van der Waals surface area contributed by atoms with Gasteiger partial charge >= 0.3 is 0 Å². The number of ether oxygens (including phenoxy) is 1. The van der Waals surface area contributed by atoms with Gasteiger partial charge in [0.1, 0.15) is 0 Å². The Bertz CT molecular complexity index is 553. The highest BCUT2D eigenvalue weighted by atomic mass is 32.1. The maximum atomic E-state index is 5.32. The van der Waals surface area contributed by atoms with E-state index in [2.05, 4.69) is 20.4 Å². The third-order valence-electron chi connectivity index (χ3n) is 3.21. The number of methoxy groups -OCH3 is 1. The van der Waals surface area contributed by atoms with Crippen LogP contribution in [-0.4, -0.2) is 34.9 Å². The average molecular weight is 280 g/mol. The molecule has 0 amide bonds. The van der Waals surface area contributed by atoms with E-state index in [1.807, 2.05) is 12.3 Å². The molecule has 2 aromatic rings. The minimum atomic E-state index is 0.100. The van der Waals surface area contributed by atoms with Crippen molar-refractivity contribution in [1.29, 1.82) is 0 Å². The fraction of sp³-hybridized carbons (Fsp3) is 0.583. The van der Waals surface area contributed by atoms with E-state index in [-0.39, 0.29) is 12.1 Å². The molecule has 3 rings (SSSR count). The van der Waals surface area contributed by atoms with Gasteiger partial charge < -0.3 is 14.6 Å². The maximum absolute atomic E-state index is 5.32. The predicted octanol–water partition coefficient (Wildman–Crippen LogP) is 1.47. The molecule has 0 spiro atoms. The van der Waals surface area contributed by atoms with Crippen LogP contribution in [0.15, 0.2) is 9.90 Å². The first-order valence-corrected chi connectivity index (χ1v) is 7.12. The first-order chi connectivity index (χ1) is 9.24. The Morgan fingerprint density at radius 2 is 2.42 bits per heavy atom. The van der Waals surface area contributed by atoms with Crippen LogP contribution in [0.1, 0.15) is 34.9 Å². The fourth-order valence-electron chi connectivity index (χ4n) is 2.20. The van der Waals surface area contributed by atoms with E-state index in [1.54, 1.807) is 18.4 Å². The zero-order valence-electron chi connectivity index (χ0n) is 10.9. The minimum Gasteiger partial charge on any atom is -0.380 e. The van der Waals surface area contributed by atoms with Crippen LogP contribution in [0.2, 0.25) is 0 Å². The monoisotopic (exact) mass is 280 g/mol. The van der Waals surface area contributed by atoms with Gasteiger partial charge in [0, 0.05) is 19.0 Å². The lowest BCUT2D eigenvalue weighted by Crippen LogP contribution is -2.16. The molecule has 0 unspecified atom stereocenters. The highest BCUT2D eigenvalue weighted by Gasteiger charge is 2.29. The molecule has 0 bridgehead atoms. The number of rotatable bonds is 4. The quantitative estimate of drug-likeness (QED) is 0.914. The first kappa shape index (κ1) is 12.7. The van der Waals surface area contributed by atoms with Crippen LogP contribution >= 0.6 is 11.3 Å². The van der Waals surface area contributed by atoms with Gasteiger partial charge in [-0.15, -0.1) is 11.3 Å². The molecule has 102 valence electrons. The van der Waals surface area contributed by atoms with Crippen LogP contribution in [0.3, 0.4) is 0 Å². The van der Waals surface area contributed by atoms with Crippen molar-refractivity contribution in [3.63, 3.8) is 0 Å². The SMILES string of the molecule is CO[C@@H]1CN[C@@H](c2nc(Cc3csc(C)n3)no2)C1. The van der Waals surface area contributed by atoms with Crippen molar-refractivity contribution in [2.75, 3.05) is 13.7 Å². The van der Waals surface area contributed by atoms with Crippen molar-refractivity contribution in [2.24, 2.45) is 0 Å². The number of hydrogen-bond acceptors (Lipinski definition) is 7. The van der Waals surface area contributed by atoms with E-state index in [4.69, 9.17) is 9.26 Å². The largest absolute Gasteiger partial charge is 0.380 e. The van der Waals surface area contributed by atoms with Crippen molar-refractivity contribution in [3.05, 3.63) is 27.8 Å². The zero-order valence-corrected chi connectivity index (χ0v) is 11.7. The minimum absolute atomic E-state index is 0.100. The van der Waals surface area contributed by atoms with Crippen LogP contribution in [0.4, 0.5) is 0 Å². The maximum Gasteiger partial charge on any atom is 0.243 e. The van der Waals surface area contributed by atoms with E-state index in [0.29, 0.717) is 18.1 Å². The van der Waals surface area contributed by atoms with Crippen molar-refractivity contribution in [1.82, 2.24) is 20.4 Å². The number of nitrogens with one attached hydrogen (secondary N) is 1. The molecule has 0 aliphatic carbocycles. The molecule has 19 heavy (non-hydrogen) atoms. The standard InChI is InChI=1S/C12H16N4O2S/c1-7-14-8(6-19-7)3-11-15-12(18-16-11)10-4-9(17-2)5-13-10/h6,9-10,13H,3-5H2,1-2H3/t9-,10+/m0/s1. The molecule has 0 aromatic carbocycles. The predicted molar refractivity (Wildman–Crippen MR) is 70.1 cm³/mol. The van der Waals surface area contributed by atoms with E-state index < -0.39 is 0 Å². The summed E-state index contributed by atoms with van der Waals surface area (Å²) in [5.41, 5.74) is 0.990. The molecular formula is C12H16N4O2S. The van der Waals surface area contributed by atoms with Gasteiger partial charge in [-0.3, -0.25) is 0 Å². The Morgan fingerprint density at radius 3 is 3.11 bits per heavy atom. The van der Waals surface area contributed by atoms with E-state index >= 15 is 0 Å². The van der Waals surface area contributed by atoms with E-state index in [1.165, 1.54) is 0 Å². The normalized spacial score (nSPS) is 23.1. The molecule has 2 atom stereocenters. The number of aryl methyl sites for hydroxylation is 1. The van der Waals surface area contributed by atoms with E-state index in [9.17, 15) is 0 Å². The summed E-state index contributed by atoms with van der Waals surface area (Å²) in [4.78, 5) is 8.83. The van der Waals surface area contributed by atoms with Gasteiger partial charge in [-0.2, -0.15) is 4.98 Å². The van der Waals surface area contributed by atoms with Crippen LogP contribution in [-0.2, 0) is 11.2 Å². The summed E-state index contributed by atoms with van der Waals surface area (Å²) in [6, 6.07) is 0.100. The van der Waals surface area contributed by atoms with Gasteiger partial charge in [0.05, 0.1) is 29.3 Å². The molecular weight excluding hydrogens is 264 g/mol. The zero-order chi connectivity index (χ0) is 13.2. The number of hydrogen-bond donors (Lipinski definition) is 1. The van der Waals surface area contributed by atoms with Gasteiger partial charge in [0.2, 0.25) is 5.89 Å². The Morgan fingerprint density at radius 1 is 1.53 bits per heavy atom. The summed E-state index contributed by atoms with van der Waals surface area (Å²) >= 11 is 1.63. The summed E-state index contributed by atoms with van der Waals surface area (Å²) in [6.07, 6.45) is 1.71. The Hall–Kier alpha value is -1.31. The van der Waals surface area contributed by atoms with Crippen molar-refractivity contribution in [3.8, 4) is 0 Å². The Labute approximate surface area is 115 Å². The topological polar surface area (TPSA) is 73.1 Å². The summed E-state index contributed by atoms with van der Waals surface area (Å²) in [5.74, 6) is 1.32. The second kappa shape index (κ2) is 5.36. The van der Waals surface area contributed by atoms with Crippen LogP contribution in [0, 0.1) is 6.92 Å². The number of thiazole rings is 1. The summed E-state index contributed by atoms with van der Waals surface area (Å²) in [6.45, 7) is 2.81. The van der Waals surface area contributed by atoms with E-state index in [0.717, 1.165) is 23.7 Å². The highest BCUT2D eigenvalue weighted by Crippen LogP contribution is 2.23. The summed E-state index contributed by atoms with van der Waals surface area (Å²) in [5, 5.41) is 10.4. The summed E-state index contributed by atoms with van der Waals surface area (Å²) < 4.78 is 10.6. The van der Waals surface area contributed by atoms with Gasteiger partial charge in [-0.05, 0) is 13.3 Å². The van der Waals surface area contributed by atoms with Crippen molar-refractivity contribution < 1.29 is 9.26 Å². The molecule has 0 radical (unpaired) electrons. The molecule has 0 saturated carbocycles. The molecule has 1 N–H and O–H groups in total. The molecule has 6 nitrogen and oxygen atoms in total. The number of aromatic nitrogens is 3. The molecule has 1 saturated heterocycles. The molecule has 3 heterocycles. The smallest absolute Gasteiger partial charge is 0.243 e. The van der Waals surface area contributed by atoms with Crippen LogP contribution < -0.4 is 5.32 Å². The molecule has 2 aromatic heterocycles. The lowest BCUT2D eigenvalue weighted by molar-refractivity contribution is 0.116. The Kier molecular flexibility index (Phi) is 3.58. The third kappa shape index (κ3) is 2.83. The lowest BCUT2D eigenvalue weighted by Gasteiger charge is -2.04. The summed E-state index contributed by atoms with van der Waals surface area (Å²) in [7, 11) is 1.72. The second-order valence-electron chi connectivity index (χ2n) is 4.64. The lowest BCUT2D eigenvalue weighted by atomic mass is 10.2. The second-order valence-corrected chi connectivity index (χ2v) is 5.70. The van der Waals surface area contributed by atoms with Crippen molar-refractivity contribution in [2.45, 2.75) is 31.9 Å². The Balaban J connectivity index is 1.66. The molecule has 7 heteroatoms. The molecule has 1 fully saturated rings. The highest BCUT2D eigenvalue weighted by molar-refractivity contribution is 7.09.